The fourth-order valence-corrected chi connectivity index (χ4v) is 1.44. The lowest BCUT2D eigenvalue weighted by Crippen LogP contribution is -2.20. The van der Waals surface area contributed by atoms with E-state index in [4.69, 9.17) is 4.74 Å². The fraction of sp³-hybridized carbons (Fsp3) is 1.00. The fourth-order valence-electron chi connectivity index (χ4n) is 1.44. The van der Waals surface area contributed by atoms with Crippen LogP contribution in [0.25, 0.3) is 0 Å². The van der Waals surface area contributed by atoms with E-state index in [2.05, 4.69) is 19.2 Å². The summed E-state index contributed by atoms with van der Waals surface area (Å²) >= 11 is 0. The zero-order valence-electron chi connectivity index (χ0n) is 9.01. The Balaban J connectivity index is 1.76. The van der Waals surface area contributed by atoms with Gasteiger partial charge in [0.2, 0.25) is 0 Å². The molecule has 0 bridgehead atoms. The lowest BCUT2D eigenvalue weighted by atomic mass is 10.2. The quantitative estimate of drug-likeness (QED) is 0.586. The van der Waals surface area contributed by atoms with Gasteiger partial charge < -0.3 is 10.1 Å². The molecule has 0 radical (unpaired) electrons. The summed E-state index contributed by atoms with van der Waals surface area (Å²) < 4.78 is 5.64. The van der Waals surface area contributed by atoms with Gasteiger partial charge in [-0.25, -0.2) is 0 Å². The maximum absolute atomic E-state index is 5.64. The summed E-state index contributed by atoms with van der Waals surface area (Å²) in [6.07, 6.45) is 6.79. The number of hydrogen-bond donors (Lipinski definition) is 1. The average molecular weight is 185 g/mol. The molecule has 13 heavy (non-hydrogen) atoms. The number of hydrogen-bond acceptors (Lipinski definition) is 2. The molecule has 0 aromatic rings. The summed E-state index contributed by atoms with van der Waals surface area (Å²) in [5.74, 6) is 0. The SMILES string of the molecule is CCCC(C)OCCCNC1CC1. The Hall–Kier alpha value is -0.0800. The second-order valence-corrected chi connectivity index (χ2v) is 4.05. The molecule has 0 heterocycles. The van der Waals surface area contributed by atoms with Crippen molar-refractivity contribution in [2.75, 3.05) is 13.2 Å². The molecule has 1 fully saturated rings. The van der Waals surface area contributed by atoms with Crippen LogP contribution in [0.1, 0.15) is 46.0 Å². The van der Waals surface area contributed by atoms with Gasteiger partial charge in [-0.2, -0.15) is 0 Å². The molecule has 1 rings (SSSR count). The van der Waals surface area contributed by atoms with Gasteiger partial charge in [0.15, 0.2) is 0 Å². The third-order valence-corrected chi connectivity index (χ3v) is 2.43. The molecule has 1 aliphatic carbocycles. The van der Waals surface area contributed by atoms with E-state index in [1.807, 2.05) is 0 Å². The molecule has 0 aromatic heterocycles. The van der Waals surface area contributed by atoms with Crippen molar-refractivity contribution in [2.45, 2.75) is 58.1 Å². The van der Waals surface area contributed by atoms with Gasteiger partial charge in [-0.3, -0.25) is 0 Å². The van der Waals surface area contributed by atoms with Crippen LogP contribution in [0, 0.1) is 0 Å². The summed E-state index contributed by atoms with van der Waals surface area (Å²) in [4.78, 5) is 0. The molecule has 0 aromatic carbocycles. The van der Waals surface area contributed by atoms with Gasteiger partial charge in [-0.1, -0.05) is 13.3 Å². The van der Waals surface area contributed by atoms with Crippen molar-refractivity contribution in [1.82, 2.24) is 5.32 Å². The molecular formula is C11H23NO. The Kier molecular flexibility index (Phi) is 5.40. The van der Waals surface area contributed by atoms with Crippen LogP contribution < -0.4 is 5.32 Å². The van der Waals surface area contributed by atoms with Crippen molar-refractivity contribution >= 4 is 0 Å². The first-order valence-corrected chi connectivity index (χ1v) is 5.68. The number of nitrogens with one attached hydrogen (secondary N) is 1. The van der Waals surface area contributed by atoms with Crippen molar-refractivity contribution in [1.29, 1.82) is 0 Å². The summed E-state index contributed by atoms with van der Waals surface area (Å²) in [6, 6.07) is 0.841. The molecule has 2 nitrogen and oxygen atoms in total. The van der Waals surface area contributed by atoms with Crippen LogP contribution >= 0.6 is 0 Å². The number of ether oxygens (including phenoxy) is 1. The maximum atomic E-state index is 5.64. The summed E-state index contributed by atoms with van der Waals surface area (Å²) in [5, 5.41) is 3.48. The van der Waals surface area contributed by atoms with Crippen LogP contribution in [0.2, 0.25) is 0 Å². The Bertz CT molecular complexity index is 123. The molecule has 0 spiro atoms. The predicted octanol–water partition coefficient (Wildman–Crippen LogP) is 2.33. The zero-order chi connectivity index (χ0) is 9.52. The maximum Gasteiger partial charge on any atom is 0.0546 e. The van der Waals surface area contributed by atoms with E-state index >= 15 is 0 Å². The van der Waals surface area contributed by atoms with Gasteiger partial charge in [-0.05, 0) is 39.2 Å². The van der Waals surface area contributed by atoms with E-state index in [0.717, 1.165) is 25.6 Å². The van der Waals surface area contributed by atoms with Crippen molar-refractivity contribution < 1.29 is 4.74 Å². The topological polar surface area (TPSA) is 21.3 Å². The highest BCUT2D eigenvalue weighted by molar-refractivity contribution is 4.80. The van der Waals surface area contributed by atoms with Gasteiger partial charge in [0, 0.05) is 12.6 Å². The molecule has 2 heteroatoms. The molecule has 0 amide bonds. The highest BCUT2D eigenvalue weighted by Crippen LogP contribution is 2.18. The van der Waals surface area contributed by atoms with E-state index < -0.39 is 0 Å². The third kappa shape index (κ3) is 6.05. The summed E-state index contributed by atoms with van der Waals surface area (Å²) in [5.41, 5.74) is 0. The Morgan fingerprint density at radius 3 is 2.85 bits per heavy atom. The van der Waals surface area contributed by atoms with Crippen LogP contribution in [-0.4, -0.2) is 25.3 Å². The largest absolute Gasteiger partial charge is 0.378 e. The van der Waals surface area contributed by atoms with E-state index in [0.29, 0.717) is 6.10 Å². The van der Waals surface area contributed by atoms with Crippen LogP contribution in [0.4, 0.5) is 0 Å². The molecule has 0 aliphatic heterocycles. The summed E-state index contributed by atoms with van der Waals surface area (Å²) in [6.45, 7) is 6.41. The first-order chi connectivity index (χ1) is 6.33. The lowest BCUT2D eigenvalue weighted by molar-refractivity contribution is 0.0583. The van der Waals surface area contributed by atoms with Crippen LogP contribution in [0.5, 0.6) is 0 Å². The van der Waals surface area contributed by atoms with Gasteiger partial charge in [0.1, 0.15) is 0 Å². The van der Waals surface area contributed by atoms with Gasteiger partial charge in [0.25, 0.3) is 0 Å². The van der Waals surface area contributed by atoms with Crippen molar-refractivity contribution in [2.24, 2.45) is 0 Å². The monoisotopic (exact) mass is 185 g/mol. The predicted molar refractivity (Wildman–Crippen MR) is 56.0 cm³/mol. The highest BCUT2D eigenvalue weighted by Gasteiger charge is 2.19. The second-order valence-electron chi connectivity index (χ2n) is 4.05. The Morgan fingerprint density at radius 2 is 2.23 bits per heavy atom. The minimum atomic E-state index is 0.450. The Morgan fingerprint density at radius 1 is 1.46 bits per heavy atom. The third-order valence-electron chi connectivity index (χ3n) is 2.43. The van der Waals surface area contributed by atoms with Gasteiger partial charge in [0.05, 0.1) is 6.10 Å². The number of rotatable bonds is 8. The van der Waals surface area contributed by atoms with Crippen LogP contribution in [-0.2, 0) is 4.74 Å². The van der Waals surface area contributed by atoms with Crippen molar-refractivity contribution in [3.05, 3.63) is 0 Å². The van der Waals surface area contributed by atoms with E-state index in [1.165, 1.54) is 25.7 Å². The second kappa shape index (κ2) is 6.39. The molecular weight excluding hydrogens is 162 g/mol. The lowest BCUT2D eigenvalue weighted by Gasteiger charge is -2.11. The Labute approximate surface area is 82.0 Å². The smallest absolute Gasteiger partial charge is 0.0546 e. The highest BCUT2D eigenvalue weighted by atomic mass is 16.5. The van der Waals surface area contributed by atoms with Crippen molar-refractivity contribution in [3.63, 3.8) is 0 Å². The standard InChI is InChI=1S/C11H23NO/c1-3-5-10(2)13-9-4-8-12-11-6-7-11/h10-12H,3-9H2,1-2H3. The molecule has 0 saturated heterocycles. The minimum absolute atomic E-state index is 0.450. The van der Waals surface area contributed by atoms with Crippen LogP contribution in [0.15, 0.2) is 0 Å². The first kappa shape index (κ1) is 11.0. The minimum Gasteiger partial charge on any atom is -0.378 e. The average Bonchev–Trinajstić information content (AvgIpc) is 2.88. The molecule has 1 saturated carbocycles. The van der Waals surface area contributed by atoms with E-state index in [-0.39, 0.29) is 0 Å². The molecule has 78 valence electrons. The normalized spacial score (nSPS) is 18.9. The summed E-state index contributed by atoms with van der Waals surface area (Å²) in [7, 11) is 0. The van der Waals surface area contributed by atoms with Gasteiger partial charge in [-0.15, -0.1) is 0 Å². The first-order valence-electron chi connectivity index (χ1n) is 5.68. The van der Waals surface area contributed by atoms with E-state index in [9.17, 15) is 0 Å². The van der Waals surface area contributed by atoms with Crippen LogP contribution in [0.3, 0.4) is 0 Å². The molecule has 1 N–H and O–H groups in total. The van der Waals surface area contributed by atoms with Gasteiger partial charge >= 0.3 is 0 Å². The molecule has 1 aliphatic rings. The molecule has 1 atom stereocenters. The molecule has 1 unspecified atom stereocenters. The zero-order valence-corrected chi connectivity index (χ0v) is 9.01. The van der Waals surface area contributed by atoms with Crippen molar-refractivity contribution in [3.8, 4) is 0 Å². The van der Waals surface area contributed by atoms with E-state index in [1.54, 1.807) is 0 Å².